The van der Waals surface area contributed by atoms with Crippen LogP contribution in [0, 0.1) is 0 Å². The Labute approximate surface area is 124 Å². The van der Waals surface area contributed by atoms with E-state index in [-0.39, 0.29) is 11.5 Å². The van der Waals surface area contributed by atoms with E-state index in [4.69, 9.17) is 9.84 Å². The second kappa shape index (κ2) is 8.17. The lowest BCUT2D eigenvalue weighted by Crippen LogP contribution is -1.86. The highest BCUT2D eigenvalue weighted by molar-refractivity contribution is 7.80. The first kappa shape index (κ1) is 16.0. The zero-order valence-electron chi connectivity index (χ0n) is 11.3. The Bertz CT molecular complexity index is 529. The Morgan fingerprint density at radius 1 is 1.15 bits per heavy atom. The van der Waals surface area contributed by atoms with Crippen LogP contribution in [0.5, 0.6) is 17.2 Å². The molecule has 0 aliphatic carbocycles. The maximum absolute atomic E-state index is 9.25. The molecule has 2 aromatic carbocycles. The van der Waals surface area contributed by atoms with Crippen molar-refractivity contribution in [2.75, 3.05) is 7.11 Å². The van der Waals surface area contributed by atoms with Gasteiger partial charge in [0.15, 0.2) is 11.5 Å². The fourth-order valence-electron chi connectivity index (χ4n) is 1.47. The molecule has 2 aromatic rings. The normalized spacial score (nSPS) is 9.30. The van der Waals surface area contributed by atoms with Gasteiger partial charge in [-0.2, -0.15) is 0 Å². The van der Waals surface area contributed by atoms with Crippen LogP contribution < -0.4 is 4.74 Å². The lowest BCUT2D eigenvalue weighted by atomic mass is 10.1. The Hall–Kier alpha value is -2.07. The third kappa shape index (κ3) is 5.28. The molecule has 0 radical (unpaired) electrons. The van der Waals surface area contributed by atoms with Crippen molar-refractivity contribution in [1.29, 1.82) is 0 Å². The van der Waals surface area contributed by atoms with E-state index in [0.29, 0.717) is 5.75 Å². The van der Waals surface area contributed by atoms with E-state index in [0.717, 1.165) is 16.9 Å². The molecule has 0 amide bonds. The van der Waals surface area contributed by atoms with E-state index >= 15 is 0 Å². The Morgan fingerprint density at radius 3 is 2.30 bits per heavy atom. The number of allylic oxidation sites excluding steroid dienone is 1. The molecule has 0 aliphatic heterocycles. The molecule has 0 saturated heterocycles. The number of hydrogen-bond donors (Lipinski definition) is 3. The number of aromatic hydroxyl groups is 2. The smallest absolute Gasteiger partial charge is 0.160 e. The van der Waals surface area contributed by atoms with Gasteiger partial charge < -0.3 is 14.9 Å². The van der Waals surface area contributed by atoms with Crippen LogP contribution in [0.4, 0.5) is 0 Å². The Morgan fingerprint density at radius 2 is 1.80 bits per heavy atom. The molecule has 0 saturated carbocycles. The summed E-state index contributed by atoms with van der Waals surface area (Å²) in [6.07, 6.45) is 2.60. The monoisotopic (exact) mass is 290 g/mol. The van der Waals surface area contributed by atoms with Crippen molar-refractivity contribution in [1.82, 2.24) is 0 Å². The van der Waals surface area contributed by atoms with Gasteiger partial charge in [-0.15, -0.1) is 19.2 Å². The van der Waals surface area contributed by atoms with Crippen LogP contribution >= 0.6 is 12.6 Å². The van der Waals surface area contributed by atoms with Crippen molar-refractivity contribution in [2.45, 2.75) is 11.3 Å². The average Bonchev–Trinajstić information content (AvgIpc) is 2.45. The quantitative estimate of drug-likeness (QED) is 0.595. The van der Waals surface area contributed by atoms with Gasteiger partial charge in [-0.25, -0.2) is 0 Å². The Balaban J connectivity index is 0.000000217. The number of phenolic OH excluding ortho intramolecular Hbond substituents is 2. The minimum Gasteiger partial charge on any atom is -0.508 e. The molecule has 0 heterocycles. The van der Waals surface area contributed by atoms with Gasteiger partial charge in [-0.05, 0) is 48.4 Å². The van der Waals surface area contributed by atoms with Gasteiger partial charge in [0, 0.05) is 4.90 Å². The highest BCUT2D eigenvalue weighted by Gasteiger charge is 2.00. The predicted molar refractivity (Wildman–Crippen MR) is 83.9 cm³/mol. The third-order valence-corrected chi connectivity index (χ3v) is 2.77. The van der Waals surface area contributed by atoms with Gasteiger partial charge in [0.05, 0.1) is 7.11 Å². The van der Waals surface area contributed by atoms with Crippen molar-refractivity contribution in [3.05, 3.63) is 60.7 Å². The van der Waals surface area contributed by atoms with Crippen molar-refractivity contribution < 1.29 is 14.9 Å². The molecule has 20 heavy (non-hydrogen) atoms. The number of hydrogen-bond acceptors (Lipinski definition) is 4. The average molecular weight is 290 g/mol. The maximum Gasteiger partial charge on any atom is 0.160 e. The van der Waals surface area contributed by atoms with E-state index in [1.54, 1.807) is 36.4 Å². The van der Waals surface area contributed by atoms with E-state index in [1.165, 1.54) is 7.11 Å². The molecule has 4 heteroatoms. The lowest BCUT2D eigenvalue weighted by Gasteiger charge is -2.04. The molecule has 106 valence electrons. The summed E-state index contributed by atoms with van der Waals surface area (Å²) in [7, 11) is 1.53. The molecule has 0 atom stereocenters. The largest absolute Gasteiger partial charge is 0.508 e. The summed E-state index contributed by atoms with van der Waals surface area (Å²) < 4.78 is 4.95. The molecule has 0 aliphatic rings. The predicted octanol–water partition coefficient (Wildman–Crippen LogP) is 3.81. The van der Waals surface area contributed by atoms with Crippen LogP contribution in [0.3, 0.4) is 0 Å². The summed E-state index contributed by atoms with van der Waals surface area (Å²) in [5.74, 6) is 0.961. The summed E-state index contributed by atoms with van der Waals surface area (Å²) in [5, 5.41) is 18.0. The Kier molecular flexibility index (Phi) is 6.53. The van der Waals surface area contributed by atoms with Gasteiger partial charge in [0.2, 0.25) is 0 Å². The first-order valence-corrected chi connectivity index (χ1v) is 6.46. The third-order valence-electron chi connectivity index (χ3n) is 2.47. The summed E-state index contributed by atoms with van der Waals surface area (Å²) >= 11 is 4.02. The molecule has 3 nitrogen and oxygen atoms in total. The van der Waals surface area contributed by atoms with Gasteiger partial charge in [0.25, 0.3) is 0 Å². The van der Waals surface area contributed by atoms with Gasteiger partial charge in [0.1, 0.15) is 5.75 Å². The lowest BCUT2D eigenvalue weighted by molar-refractivity contribution is 0.373. The zero-order valence-corrected chi connectivity index (χ0v) is 12.2. The van der Waals surface area contributed by atoms with E-state index in [1.807, 2.05) is 12.1 Å². The molecule has 0 spiro atoms. The number of ether oxygens (including phenoxy) is 1. The van der Waals surface area contributed by atoms with Crippen molar-refractivity contribution in [3.8, 4) is 17.2 Å². The van der Waals surface area contributed by atoms with Gasteiger partial charge in [-0.1, -0.05) is 12.1 Å². The van der Waals surface area contributed by atoms with Crippen LogP contribution in [0.2, 0.25) is 0 Å². The van der Waals surface area contributed by atoms with E-state index in [2.05, 4.69) is 19.2 Å². The second-order valence-corrected chi connectivity index (χ2v) is 4.53. The second-order valence-electron chi connectivity index (χ2n) is 4.02. The molecule has 2 N–H and O–H groups in total. The summed E-state index contributed by atoms with van der Waals surface area (Å²) in [6, 6.07) is 11.9. The maximum atomic E-state index is 9.25. The number of methoxy groups -OCH3 is 1. The van der Waals surface area contributed by atoms with E-state index in [9.17, 15) is 5.11 Å². The zero-order chi connectivity index (χ0) is 15.0. The summed E-state index contributed by atoms with van der Waals surface area (Å²) in [4.78, 5) is 0.864. The van der Waals surface area contributed by atoms with Crippen molar-refractivity contribution in [2.24, 2.45) is 0 Å². The number of thiol groups is 1. The first-order valence-electron chi connectivity index (χ1n) is 6.01. The minimum absolute atomic E-state index is 0.172. The van der Waals surface area contributed by atoms with E-state index < -0.39 is 0 Å². The summed E-state index contributed by atoms with van der Waals surface area (Å²) in [6.45, 7) is 3.63. The van der Waals surface area contributed by atoms with Crippen LogP contribution in [-0.2, 0) is 6.42 Å². The molecule has 0 fully saturated rings. The molecular weight excluding hydrogens is 272 g/mol. The highest BCUT2D eigenvalue weighted by Crippen LogP contribution is 2.26. The number of phenols is 2. The molecule has 0 bridgehead atoms. The standard InChI is InChI=1S/C10H12O2.C6H6OS/c1-3-4-8-5-6-9(11)10(7-8)12-2;7-5-1-3-6(8)4-2-5/h3,5-7,11H,1,4H2,2H3;1-4,7-8H. The number of benzene rings is 2. The molecule has 0 unspecified atom stereocenters. The summed E-state index contributed by atoms with van der Waals surface area (Å²) in [5.41, 5.74) is 1.08. The van der Waals surface area contributed by atoms with Crippen molar-refractivity contribution >= 4 is 12.6 Å². The minimum atomic E-state index is 0.172. The fraction of sp³-hybridized carbons (Fsp3) is 0.125. The van der Waals surface area contributed by atoms with Crippen LogP contribution in [0.25, 0.3) is 0 Å². The van der Waals surface area contributed by atoms with Crippen LogP contribution in [0.1, 0.15) is 5.56 Å². The van der Waals surface area contributed by atoms with Gasteiger partial charge in [-0.3, -0.25) is 0 Å². The SMILES string of the molecule is C=CCc1ccc(O)c(OC)c1.Oc1ccc(S)cc1. The highest BCUT2D eigenvalue weighted by atomic mass is 32.1. The van der Waals surface area contributed by atoms with Crippen molar-refractivity contribution in [3.63, 3.8) is 0 Å². The topological polar surface area (TPSA) is 49.7 Å². The fourth-order valence-corrected chi connectivity index (χ4v) is 1.62. The van der Waals surface area contributed by atoms with Gasteiger partial charge >= 0.3 is 0 Å². The molecule has 0 aromatic heterocycles. The van der Waals surface area contributed by atoms with Crippen LogP contribution in [-0.4, -0.2) is 17.3 Å². The number of rotatable bonds is 3. The first-order chi connectivity index (χ1) is 9.56. The molecular formula is C16H18O3S. The molecule has 2 rings (SSSR count). The van der Waals surface area contributed by atoms with Crippen LogP contribution in [0.15, 0.2) is 60.0 Å².